The Morgan fingerprint density at radius 2 is 2.17 bits per heavy atom. The molecular formula is C12H23N3O3. The number of aliphatic hydroxyl groups is 1. The zero-order chi connectivity index (χ0) is 13.5. The fraction of sp³-hybridized carbons (Fsp3) is 0.833. The van der Waals surface area contributed by atoms with Crippen LogP contribution in [0.1, 0.15) is 26.7 Å². The van der Waals surface area contributed by atoms with E-state index in [2.05, 4.69) is 16.0 Å². The largest absolute Gasteiger partial charge is 0.392 e. The molecule has 0 bridgehead atoms. The standard InChI is InChI=1S/C12H23N3O3/c1-3-11(17)10(13-4-2)7-15-12(18)9-5-8(16)6-14-9/h8-10,13-14,16H,3-7H2,1-2H3,(H,15,18)/t8-,9?,10+/m1/s1. The summed E-state index contributed by atoms with van der Waals surface area (Å²) in [4.78, 5) is 23.4. The van der Waals surface area contributed by atoms with Crippen LogP contribution < -0.4 is 16.0 Å². The number of rotatable bonds is 7. The van der Waals surface area contributed by atoms with Gasteiger partial charge in [-0.05, 0) is 13.0 Å². The highest BCUT2D eigenvalue weighted by Gasteiger charge is 2.28. The zero-order valence-corrected chi connectivity index (χ0v) is 11.0. The minimum atomic E-state index is -0.456. The maximum absolute atomic E-state index is 11.8. The zero-order valence-electron chi connectivity index (χ0n) is 11.0. The van der Waals surface area contributed by atoms with Crippen LogP contribution in [0, 0.1) is 0 Å². The smallest absolute Gasteiger partial charge is 0.237 e. The van der Waals surface area contributed by atoms with Crippen molar-refractivity contribution < 1.29 is 14.7 Å². The summed E-state index contributed by atoms with van der Waals surface area (Å²) < 4.78 is 0. The van der Waals surface area contributed by atoms with Gasteiger partial charge in [-0.15, -0.1) is 0 Å². The summed E-state index contributed by atoms with van der Waals surface area (Å²) in [6, 6.07) is -0.672. The number of Topliss-reactive ketones (excluding diaryl/α,β-unsaturated/α-hetero) is 1. The Hall–Kier alpha value is -0.980. The summed E-state index contributed by atoms with van der Waals surface area (Å²) in [6.07, 6.45) is 0.426. The molecule has 6 heteroatoms. The number of amides is 1. The summed E-state index contributed by atoms with van der Waals surface area (Å²) in [7, 11) is 0. The van der Waals surface area contributed by atoms with Gasteiger partial charge >= 0.3 is 0 Å². The van der Waals surface area contributed by atoms with Crippen LogP contribution >= 0.6 is 0 Å². The molecule has 0 spiro atoms. The predicted molar refractivity (Wildman–Crippen MR) is 68.2 cm³/mol. The van der Waals surface area contributed by atoms with Gasteiger partial charge in [0.2, 0.25) is 5.91 Å². The number of nitrogens with one attached hydrogen (secondary N) is 3. The van der Waals surface area contributed by atoms with Crippen LogP contribution in [-0.4, -0.2) is 54.6 Å². The Balaban J connectivity index is 2.37. The molecule has 1 rings (SSSR count). The van der Waals surface area contributed by atoms with E-state index in [1.165, 1.54) is 0 Å². The van der Waals surface area contributed by atoms with Gasteiger partial charge in [-0.3, -0.25) is 9.59 Å². The third-order valence-corrected chi connectivity index (χ3v) is 3.09. The van der Waals surface area contributed by atoms with E-state index in [0.29, 0.717) is 32.5 Å². The van der Waals surface area contributed by atoms with Crippen molar-refractivity contribution in [2.75, 3.05) is 19.6 Å². The Morgan fingerprint density at radius 1 is 1.44 bits per heavy atom. The van der Waals surface area contributed by atoms with Crippen molar-refractivity contribution >= 4 is 11.7 Å². The Labute approximate surface area is 108 Å². The van der Waals surface area contributed by atoms with Crippen LogP contribution in [0.2, 0.25) is 0 Å². The van der Waals surface area contributed by atoms with Crippen molar-refractivity contribution in [2.24, 2.45) is 0 Å². The first-order valence-corrected chi connectivity index (χ1v) is 6.53. The molecule has 1 amide bonds. The average molecular weight is 257 g/mol. The van der Waals surface area contributed by atoms with Crippen molar-refractivity contribution in [1.29, 1.82) is 0 Å². The van der Waals surface area contributed by atoms with Crippen LogP contribution in [-0.2, 0) is 9.59 Å². The highest BCUT2D eigenvalue weighted by atomic mass is 16.3. The van der Waals surface area contributed by atoms with Crippen LogP contribution in [0.3, 0.4) is 0 Å². The quantitative estimate of drug-likeness (QED) is 0.459. The van der Waals surface area contributed by atoms with Gasteiger partial charge in [-0.1, -0.05) is 13.8 Å². The lowest BCUT2D eigenvalue weighted by Gasteiger charge is -2.18. The van der Waals surface area contributed by atoms with Gasteiger partial charge in [0.25, 0.3) is 0 Å². The van der Waals surface area contributed by atoms with Crippen molar-refractivity contribution in [3.8, 4) is 0 Å². The van der Waals surface area contributed by atoms with Crippen molar-refractivity contribution in [2.45, 2.75) is 44.9 Å². The first-order chi connectivity index (χ1) is 8.58. The third-order valence-electron chi connectivity index (χ3n) is 3.09. The second-order valence-corrected chi connectivity index (χ2v) is 4.53. The van der Waals surface area contributed by atoms with Gasteiger partial charge < -0.3 is 21.1 Å². The summed E-state index contributed by atoms with van der Waals surface area (Å²) in [5.41, 5.74) is 0. The van der Waals surface area contributed by atoms with Gasteiger partial charge in [0.15, 0.2) is 5.78 Å². The van der Waals surface area contributed by atoms with Crippen molar-refractivity contribution in [1.82, 2.24) is 16.0 Å². The van der Waals surface area contributed by atoms with Gasteiger partial charge in [-0.2, -0.15) is 0 Å². The molecule has 1 fully saturated rings. The van der Waals surface area contributed by atoms with E-state index >= 15 is 0 Å². The Kier molecular flexibility index (Phi) is 6.24. The molecule has 0 aromatic heterocycles. The first-order valence-electron chi connectivity index (χ1n) is 6.53. The number of aliphatic hydroxyl groups excluding tert-OH is 1. The number of carbonyl (C=O) groups is 2. The van der Waals surface area contributed by atoms with Crippen LogP contribution in [0.25, 0.3) is 0 Å². The molecule has 6 nitrogen and oxygen atoms in total. The van der Waals surface area contributed by atoms with Crippen LogP contribution in [0.15, 0.2) is 0 Å². The number of carbonyl (C=O) groups excluding carboxylic acids is 2. The molecule has 1 heterocycles. The summed E-state index contributed by atoms with van der Waals surface area (Å²) in [5.74, 6) is -0.0603. The maximum atomic E-state index is 11.8. The van der Waals surface area contributed by atoms with Gasteiger partial charge in [0, 0.05) is 19.5 Å². The molecule has 18 heavy (non-hydrogen) atoms. The molecular weight excluding hydrogens is 234 g/mol. The highest BCUT2D eigenvalue weighted by molar-refractivity contribution is 5.86. The van der Waals surface area contributed by atoms with Crippen molar-refractivity contribution in [3.05, 3.63) is 0 Å². The number of β-amino-alcohol motifs (C(OH)–C–C–N with tert-alkyl or cyclic N) is 1. The summed E-state index contributed by atoms with van der Waals surface area (Å²) >= 11 is 0. The average Bonchev–Trinajstić information content (AvgIpc) is 2.80. The molecule has 0 aliphatic carbocycles. The minimum Gasteiger partial charge on any atom is -0.392 e. The van der Waals surface area contributed by atoms with E-state index in [1.807, 2.05) is 13.8 Å². The summed E-state index contributed by atoms with van der Waals surface area (Å²) in [6.45, 7) is 5.17. The molecule has 104 valence electrons. The predicted octanol–water partition coefficient (Wildman–Crippen LogP) is -1.22. The molecule has 1 saturated heterocycles. The molecule has 0 radical (unpaired) electrons. The fourth-order valence-electron chi connectivity index (χ4n) is 2.04. The van der Waals surface area contributed by atoms with E-state index in [9.17, 15) is 14.7 Å². The molecule has 3 atom stereocenters. The number of hydrogen-bond donors (Lipinski definition) is 4. The van der Waals surface area contributed by atoms with Crippen molar-refractivity contribution in [3.63, 3.8) is 0 Å². The fourth-order valence-corrected chi connectivity index (χ4v) is 2.04. The first kappa shape index (κ1) is 15.1. The Morgan fingerprint density at radius 3 is 2.67 bits per heavy atom. The number of hydrogen-bond acceptors (Lipinski definition) is 5. The van der Waals surface area contributed by atoms with Gasteiger partial charge in [0.1, 0.15) is 0 Å². The van der Waals surface area contributed by atoms with E-state index in [1.54, 1.807) is 0 Å². The maximum Gasteiger partial charge on any atom is 0.237 e. The van der Waals surface area contributed by atoms with Crippen LogP contribution in [0.5, 0.6) is 0 Å². The van der Waals surface area contributed by atoms with E-state index in [0.717, 1.165) is 0 Å². The SMILES string of the molecule is CCN[C@@H](CNC(=O)C1C[C@@H](O)CN1)C(=O)CC. The van der Waals surface area contributed by atoms with E-state index in [-0.39, 0.29) is 23.8 Å². The monoisotopic (exact) mass is 257 g/mol. The Bertz CT molecular complexity index is 296. The molecule has 0 saturated carbocycles. The van der Waals surface area contributed by atoms with Gasteiger partial charge in [-0.25, -0.2) is 0 Å². The lowest BCUT2D eigenvalue weighted by molar-refractivity contribution is -0.123. The molecule has 1 aliphatic heterocycles. The van der Waals surface area contributed by atoms with E-state index < -0.39 is 6.10 Å². The molecule has 0 aromatic rings. The highest BCUT2D eigenvalue weighted by Crippen LogP contribution is 2.05. The molecule has 1 unspecified atom stereocenters. The lowest BCUT2D eigenvalue weighted by Crippen LogP contribution is -2.49. The van der Waals surface area contributed by atoms with Crippen LogP contribution in [0.4, 0.5) is 0 Å². The molecule has 1 aliphatic rings. The van der Waals surface area contributed by atoms with Gasteiger partial charge in [0.05, 0.1) is 18.2 Å². The second kappa shape index (κ2) is 7.45. The topological polar surface area (TPSA) is 90.5 Å². The third kappa shape index (κ3) is 4.36. The normalized spacial score (nSPS) is 24.8. The lowest BCUT2D eigenvalue weighted by atomic mass is 10.1. The second-order valence-electron chi connectivity index (χ2n) is 4.53. The van der Waals surface area contributed by atoms with E-state index in [4.69, 9.17) is 0 Å². The molecule has 0 aromatic carbocycles. The number of ketones is 1. The minimum absolute atomic E-state index is 0.0940. The number of likely N-dealkylation sites (N-methyl/N-ethyl adjacent to an activating group) is 1. The summed E-state index contributed by atoms with van der Waals surface area (Å²) in [5, 5.41) is 18.1. The molecule has 4 N–H and O–H groups in total.